The normalized spacial score (nSPS) is 18.2. The molecule has 8 heteroatoms. The van der Waals surface area contributed by atoms with E-state index in [-0.39, 0.29) is 24.1 Å². The Balaban J connectivity index is 1.57. The first-order valence-corrected chi connectivity index (χ1v) is 8.40. The highest BCUT2D eigenvalue weighted by molar-refractivity contribution is 5.39. The molecule has 0 unspecified atom stereocenters. The third-order valence-electron chi connectivity index (χ3n) is 4.35. The van der Waals surface area contributed by atoms with Gasteiger partial charge in [0.1, 0.15) is 29.5 Å². The van der Waals surface area contributed by atoms with Crippen molar-refractivity contribution in [3.63, 3.8) is 0 Å². The smallest absolute Gasteiger partial charge is 0.157 e. The predicted octanol–water partition coefficient (Wildman–Crippen LogP) is 2.88. The van der Waals surface area contributed by atoms with Crippen LogP contribution in [0.3, 0.4) is 0 Å². The molecule has 136 valence electrons. The van der Waals surface area contributed by atoms with Crippen molar-refractivity contribution in [2.75, 3.05) is 0 Å². The van der Waals surface area contributed by atoms with E-state index in [4.69, 9.17) is 9.47 Å². The first kappa shape index (κ1) is 16.6. The molecule has 0 fully saturated rings. The number of ether oxygens (including phenoxy) is 2. The molecule has 0 amide bonds. The lowest BCUT2D eigenvalue weighted by Gasteiger charge is -2.37. The van der Waals surface area contributed by atoms with Gasteiger partial charge in [-0.1, -0.05) is 5.21 Å². The van der Waals surface area contributed by atoms with Crippen LogP contribution < -0.4 is 9.47 Å². The van der Waals surface area contributed by atoms with Gasteiger partial charge in [0.05, 0.1) is 24.6 Å². The van der Waals surface area contributed by atoms with Gasteiger partial charge in [0.25, 0.3) is 0 Å². The van der Waals surface area contributed by atoms with Crippen LogP contribution in [-0.4, -0.2) is 30.4 Å². The van der Waals surface area contributed by atoms with E-state index >= 15 is 0 Å². The minimum Gasteiger partial charge on any atom is -0.487 e. The quantitative estimate of drug-likeness (QED) is 0.718. The molecule has 0 saturated carbocycles. The highest BCUT2D eigenvalue weighted by Crippen LogP contribution is 2.41. The zero-order valence-electron chi connectivity index (χ0n) is 14.9. The standard InChI is InChI=1S/C18H20FN5O2/c1-18(2)7-16(15-6-12(19)4-5-17(15)26-18)24-9-13(21-22-24)11-25-14-8-20-23(3)10-14/h4-6,8-10,16H,7,11H2,1-3H3/t16-/m0/s1. The van der Waals surface area contributed by atoms with Crippen LogP contribution in [0.1, 0.15) is 37.6 Å². The summed E-state index contributed by atoms with van der Waals surface area (Å²) in [6.07, 6.45) is 5.92. The molecule has 1 aliphatic rings. The van der Waals surface area contributed by atoms with Crippen LogP contribution in [0.2, 0.25) is 0 Å². The van der Waals surface area contributed by atoms with E-state index in [1.807, 2.05) is 27.1 Å². The Morgan fingerprint density at radius 1 is 1.35 bits per heavy atom. The van der Waals surface area contributed by atoms with Crippen molar-refractivity contribution in [1.29, 1.82) is 0 Å². The molecule has 1 aliphatic heterocycles. The van der Waals surface area contributed by atoms with Crippen LogP contribution in [0.5, 0.6) is 11.5 Å². The maximum atomic E-state index is 13.8. The fourth-order valence-corrected chi connectivity index (χ4v) is 3.19. The van der Waals surface area contributed by atoms with E-state index in [2.05, 4.69) is 15.4 Å². The number of fused-ring (bicyclic) bond motifs is 1. The molecule has 1 aromatic carbocycles. The summed E-state index contributed by atoms with van der Waals surface area (Å²) in [5.74, 6) is 1.05. The first-order chi connectivity index (χ1) is 12.4. The Labute approximate surface area is 150 Å². The minimum atomic E-state index is -0.381. The van der Waals surface area contributed by atoms with Crippen molar-refractivity contribution in [3.8, 4) is 11.5 Å². The lowest BCUT2D eigenvalue weighted by molar-refractivity contribution is 0.0642. The molecule has 3 aromatic rings. The second kappa shape index (κ2) is 6.12. The van der Waals surface area contributed by atoms with Crippen LogP contribution >= 0.6 is 0 Å². The molecular formula is C18H20FN5O2. The van der Waals surface area contributed by atoms with Gasteiger partial charge in [-0.05, 0) is 32.0 Å². The fraction of sp³-hybridized carbons (Fsp3) is 0.389. The zero-order valence-corrected chi connectivity index (χ0v) is 14.9. The molecule has 0 spiro atoms. The van der Waals surface area contributed by atoms with E-state index < -0.39 is 0 Å². The maximum absolute atomic E-state index is 13.8. The lowest BCUT2D eigenvalue weighted by atomic mass is 9.90. The van der Waals surface area contributed by atoms with E-state index in [1.54, 1.807) is 27.8 Å². The second-order valence-electron chi connectivity index (χ2n) is 7.09. The van der Waals surface area contributed by atoms with Gasteiger partial charge in [0.15, 0.2) is 5.75 Å². The van der Waals surface area contributed by atoms with Gasteiger partial charge in [0, 0.05) is 19.0 Å². The average molecular weight is 357 g/mol. The fourth-order valence-electron chi connectivity index (χ4n) is 3.19. The van der Waals surface area contributed by atoms with Gasteiger partial charge in [-0.15, -0.1) is 5.10 Å². The molecule has 0 aliphatic carbocycles. The summed E-state index contributed by atoms with van der Waals surface area (Å²) in [6, 6.07) is 4.43. The molecule has 0 saturated heterocycles. The Morgan fingerprint density at radius 3 is 2.96 bits per heavy atom. The summed E-state index contributed by atoms with van der Waals surface area (Å²) in [5, 5.41) is 12.5. The van der Waals surface area contributed by atoms with E-state index in [0.717, 1.165) is 5.56 Å². The highest BCUT2D eigenvalue weighted by Gasteiger charge is 2.35. The predicted molar refractivity (Wildman–Crippen MR) is 91.4 cm³/mol. The molecule has 0 N–H and O–H groups in total. The molecule has 26 heavy (non-hydrogen) atoms. The summed E-state index contributed by atoms with van der Waals surface area (Å²) in [6.45, 7) is 4.31. The van der Waals surface area contributed by atoms with Gasteiger partial charge in [-0.2, -0.15) is 5.10 Å². The van der Waals surface area contributed by atoms with Crippen molar-refractivity contribution < 1.29 is 13.9 Å². The van der Waals surface area contributed by atoms with E-state index in [9.17, 15) is 4.39 Å². The number of hydrogen-bond acceptors (Lipinski definition) is 5. The third kappa shape index (κ3) is 3.26. The van der Waals surface area contributed by atoms with Gasteiger partial charge in [-0.25, -0.2) is 9.07 Å². The largest absolute Gasteiger partial charge is 0.487 e. The van der Waals surface area contributed by atoms with Gasteiger partial charge in [-0.3, -0.25) is 4.68 Å². The van der Waals surface area contributed by atoms with Crippen molar-refractivity contribution in [2.24, 2.45) is 7.05 Å². The summed E-state index contributed by atoms with van der Waals surface area (Å²) in [7, 11) is 1.83. The van der Waals surface area contributed by atoms with Gasteiger partial charge >= 0.3 is 0 Å². The monoisotopic (exact) mass is 357 g/mol. The molecule has 0 radical (unpaired) electrons. The number of halogens is 1. The summed E-state index contributed by atoms with van der Waals surface area (Å²) in [4.78, 5) is 0. The summed E-state index contributed by atoms with van der Waals surface area (Å²) in [5.41, 5.74) is 1.08. The number of nitrogens with zero attached hydrogens (tertiary/aromatic N) is 5. The topological polar surface area (TPSA) is 67.0 Å². The van der Waals surface area contributed by atoms with Crippen molar-refractivity contribution >= 4 is 0 Å². The van der Waals surface area contributed by atoms with Crippen molar-refractivity contribution in [3.05, 3.63) is 53.9 Å². The zero-order chi connectivity index (χ0) is 18.3. The van der Waals surface area contributed by atoms with Crippen molar-refractivity contribution in [1.82, 2.24) is 24.8 Å². The minimum absolute atomic E-state index is 0.149. The molecule has 0 bridgehead atoms. The number of aryl methyl sites for hydroxylation is 1. The highest BCUT2D eigenvalue weighted by atomic mass is 19.1. The number of aromatic nitrogens is 5. The van der Waals surface area contributed by atoms with Gasteiger partial charge in [0.2, 0.25) is 0 Å². The molecule has 1 atom stereocenters. The molecule has 2 aromatic heterocycles. The second-order valence-corrected chi connectivity index (χ2v) is 7.09. The lowest BCUT2D eigenvalue weighted by Crippen LogP contribution is -2.37. The Bertz CT molecular complexity index is 933. The van der Waals surface area contributed by atoms with Crippen LogP contribution in [0, 0.1) is 5.82 Å². The van der Waals surface area contributed by atoms with Crippen LogP contribution in [0.15, 0.2) is 36.8 Å². The molecule has 7 nitrogen and oxygen atoms in total. The van der Waals surface area contributed by atoms with Crippen LogP contribution in [0.4, 0.5) is 4.39 Å². The van der Waals surface area contributed by atoms with Crippen LogP contribution in [0.25, 0.3) is 0 Å². The Morgan fingerprint density at radius 2 is 2.19 bits per heavy atom. The van der Waals surface area contributed by atoms with Gasteiger partial charge < -0.3 is 9.47 Å². The Hall–Kier alpha value is -2.90. The van der Waals surface area contributed by atoms with Crippen molar-refractivity contribution in [2.45, 2.75) is 38.5 Å². The third-order valence-corrected chi connectivity index (χ3v) is 4.35. The molecule has 4 rings (SSSR count). The number of hydrogen-bond donors (Lipinski definition) is 0. The van der Waals surface area contributed by atoms with E-state index in [1.165, 1.54) is 12.1 Å². The van der Waals surface area contributed by atoms with E-state index in [0.29, 0.717) is 23.6 Å². The maximum Gasteiger partial charge on any atom is 0.157 e. The summed E-state index contributed by atoms with van der Waals surface area (Å²) >= 11 is 0. The number of rotatable bonds is 4. The Kier molecular flexibility index (Phi) is 3.90. The average Bonchev–Trinajstić information content (AvgIpc) is 3.21. The molecule has 3 heterocycles. The number of benzene rings is 1. The summed E-state index contributed by atoms with van der Waals surface area (Å²) < 4.78 is 28.8. The first-order valence-electron chi connectivity index (χ1n) is 8.40. The van der Waals surface area contributed by atoms with Crippen LogP contribution in [-0.2, 0) is 13.7 Å². The SMILES string of the molecule is Cn1cc(OCc2cn([C@H]3CC(C)(C)Oc4ccc(F)cc43)nn2)cn1. The molecular weight excluding hydrogens is 337 g/mol.